The predicted molar refractivity (Wildman–Crippen MR) is 188 cm³/mol. The van der Waals surface area contributed by atoms with Gasteiger partial charge in [0.25, 0.3) is 0 Å². The molecule has 4 rings (SSSR count). The maximum Gasteiger partial charge on any atom is 0.415 e. The number of halogens is 4. The predicted octanol–water partition coefficient (Wildman–Crippen LogP) is 7.55. The first kappa shape index (κ1) is 39.7. The van der Waals surface area contributed by atoms with Crippen molar-refractivity contribution >= 4 is 40.4 Å². The fourth-order valence-electron chi connectivity index (χ4n) is 5.54. The van der Waals surface area contributed by atoms with Gasteiger partial charge in [0.1, 0.15) is 29.7 Å². The molecule has 2 aromatic carbocycles. The molecule has 1 N–H and O–H groups in total. The van der Waals surface area contributed by atoms with Crippen molar-refractivity contribution in [1.29, 1.82) is 0 Å². The molecule has 1 fully saturated rings. The lowest BCUT2D eigenvalue weighted by atomic mass is 10.0. The molecule has 282 valence electrons. The zero-order chi connectivity index (χ0) is 38.6. The highest BCUT2D eigenvalue weighted by Gasteiger charge is 2.35. The highest BCUT2D eigenvalue weighted by Crippen LogP contribution is 2.33. The first-order chi connectivity index (χ1) is 24.2. The monoisotopic (exact) mass is 732 g/mol. The van der Waals surface area contributed by atoms with Crippen LogP contribution in [0.4, 0.5) is 38.5 Å². The Balaban J connectivity index is 1.68. The van der Waals surface area contributed by atoms with E-state index in [0.29, 0.717) is 11.1 Å². The molecule has 0 bridgehead atoms. The summed E-state index contributed by atoms with van der Waals surface area (Å²) in [6, 6.07) is 9.71. The molecule has 3 aromatic rings. The molecule has 1 aromatic heterocycles. The number of fused-ring (bicyclic) bond motifs is 1. The molecule has 0 unspecified atom stereocenters. The molecule has 0 aliphatic carbocycles. The summed E-state index contributed by atoms with van der Waals surface area (Å²) in [5, 5.41) is 3.51. The number of benzene rings is 2. The lowest BCUT2D eigenvalue weighted by Crippen LogP contribution is -2.51. The number of esters is 1. The Morgan fingerprint density at radius 3 is 2.27 bits per heavy atom. The number of carbonyl (C=O) groups excluding carboxylic acids is 3. The van der Waals surface area contributed by atoms with E-state index in [1.807, 2.05) is 0 Å². The van der Waals surface area contributed by atoms with Crippen LogP contribution in [0, 0.1) is 11.8 Å². The molecule has 0 saturated carbocycles. The van der Waals surface area contributed by atoms with E-state index in [1.165, 1.54) is 49.5 Å². The second kappa shape index (κ2) is 15.6. The Morgan fingerprint density at radius 1 is 0.981 bits per heavy atom. The molecule has 2 amide bonds. The number of ether oxygens (including phenoxy) is 4. The number of alkyl halides is 4. The third-order valence-corrected chi connectivity index (χ3v) is 7.78. The van der Waals surface area contributed by atoms with Crippen molar-refractivity contribution in [3.63, 3.8) is 0 Å². The van der Waals surface area contributed by atoms with Gasteiger partial charge in [0.15, 0.2) is 0 Å². The lowest BCUT2D eigenvalue weighted by Gasteiger charge is -2.36. The van der Waals surface area contributed by atoms with E-state index in [2.05, 4.69) is 17.2 Å². The molecule has 1 saturated heterocycles. The number of aromatic nitrogens is 1. The number of anilines is 2. The number of nitrogens with one attached hydrogen (secondary N) is 1. The highest BCUT2D eigenvalue weighted by molar-refractivity contribution is 5.95. The van der Waals surface area contributed by atoms with Crippen LogP contribution in [0.3, 0.4) is 0 Å². The molecule has 1 aliphatic rings. The summed E-state index contributed by atoms with van der Waals surface area (Å²) in [4.78, 5) is 40.4. The van der Waals surface area contributed by atoms with Crippen LogP contribution in [0.2, 0.25) is 0 Å². The van der Waals surface area contributed by atoms with Gasteiger partial charge >= 0.3 is 24.3 Å². The van der Waals surface area contributed by atoms with Crippen molar-refractivity contribution in [2.45, 2.75) is 84.1 Å². The Kier molecular flexibility index (Phi) is 11.9. The van der Waals surface area contributed by atoms with Crippen LogP contribution >= 0.6 is 0 Å². The van der Waals surface area contributed by atoms with Crippen molar-refractivity contribution in [2.24, 2.45) is 0 Å². The number of carbonyl (C=O) groups is 3. The van der Waals surface area contributed by atoms with Crippen molar-refractivity contribution in [1.82, 2.24) is 9.47 Å². The fraction of sp³-hybridized carbons (Fsp3) is 0.486. The average molecular weight is 733 g/mol. The zero-order valence-electron chi connectivity index (χ0n) is 30.4. The Bertz CT molecular complexity index is 1850. The van der Waals surface area contributed by atoms with Gasteiger partial charge in [-0.2, -0.15) is 13.2 Å². The fourth-order valence-corrected chi connectivity index (χ4v) is 5.54. The SMILES string of the molecule is COC(=O)c1ccc(N(CC#Cc2cc3c(N[C@H]4CCN(C(=O)OC(C)(C)C)C[C@@H]4F)cccc3n2CC(F)(F)F)C(=O)OC(C)(C)C)c(OC)c1. The van der Waals surface area contributed by atoms with Crippen LogP contribution in [-0.4, -0.2) is 91.1 Å². The molecule has 0 spiro atoms. The van der Waals surface area contributed by atoms with E-state index in [1.54, 1.807) is 53.7 Å². The number of nitrogens with zero attached hydrogens (tertiary/aromatic N) is 3. The zero-order valence-corrected chi connectivity index (χ0v) is 30.4. The molecule has 2 heterocycles. The summed E-state index contributed by atoms with van der Waals surface area (Å²) in [6.07, 6.45) is -7.29. The number of methoxy groups -OCH3 is 2. The molecule has 52 heavy (non-hydrogen) atoms. The average Bonchev–Trinajstić information content (AvgIpc) is 3.38. The number of hydrogen-bond acceptors (Lipinski definition) is 8. The van der Waals surface area contributed by atoms with Crippen molar-refractivity contribution in [3.05, 3.63) is 53.7 Å². The number of rotatable bonds is 7. The summed E-state index contributed by atoms with van der Waals surface area (Å²) in [6.45, 7) is 8.49. The van der Waals surface area contributed by atoms with E-state index in [4.69, 9.17) is 18.9 Å². The number of piperidine rings is 1. The molecular weight excluding hydrogens is 688 g/mol. The van der Waals surface area contributed by atoms with Crippen molar-refractivity contribution < 1.29 is 50.9 Å². The third-order valence-electron chi connectivity index (χ3n) is 7.78. The minimum absolute atomic E-state index is 0.00439. The van der Waals surface area contributed by atoms with Crippen LogP contribution in [0.1, 0.15) is 64.0 Å². The van der Waals surface area contributed by atoms with E-state index in [0.717, 1.165) is 9.47 Å². The van der Waals surface area contributed by atoms with Gasteiger partial charge in [0.2, 0.25) is 0 Å². The summed E-state index contributed by atoms with van der Waals surface area (Å²) >= 11 is 0. The normalized spacial score (nSPS) is 16.4. The van der Waals surface area contributed by atoms with Gasteiger partial charge < -0.3 is 33.7 Å². The van der Waals surface area contributed by atoms with Gasteiger partial charge in [-0.3, -0.25) is 4.90 Å². The van der Waals surface area contributed by atoms with E-state index < -0.39 is 54.3 Å². The summed E-state index contributed by atoms with van der Waals surface area (Å²) in [5.41, 5.74) is -0.698. The number of amides is 2. The molecule has 15 heteroatoms. The smallest absolute Gasteiger partial charge is 0.415 e. The van der Waals surface area contributed by atoms with Gasteiger partial charge in [-0.1, -0.05) is 12.0 Å². The van der Waals surface area contributed by atoms with E-state index >= 15 is 4.39 Å². The van der Waals surface area contributed by atoms with Crippen LogP contribution in [0.25, 0.3) is 10.9 Å². The summed E-state index contributed by atoms with van der Waals surface area (Å²) < 4.78 is 79.3. The van der Waals surface area contributed by atoms with Crippen molar-refractivity contribution in [3.8, 4) is 17.6 Å². The summed E-state index contributed by atoms with van der Waals surface area (Å²) in [7, 11) is 2.56. The Labute approximate surface area is 300 Å². The van der Waals surface area contributed by atoms with Crippen LogP contribution in [0.5, 0.6) is 5.75 Å². The first-order valence-electron chi connectivity index (χ1n) is 16.5. The molecule has 0 radical (unpaired) electrons. The topological polar surface area (TPSA) is 112 Å². The third kappa shape index (κ3) is 10.2. The van der Waals surface area contributed by atoms with E-state index in [9.17, 15) is 27.6 Å². The van der Waals surface area contributed by atoms with E-state index in [-0.39, 0.29) is 54.3 Å². The minimum Gasteiger partial charge on any atom is -0.495 e. The standard InChI is InChI=1S/C37H44F4N4O7/c1-35(2,3)51-33(47)43-18-16-28(26(38)21-43)42-27-12-9-13-29-25(27)20-24(45(29)22-37(39,40)41)11-10-17-44(34(48)52-36(4,5)6)30-15-14-23(32(46)50-8)19-31(30)49-7/h9,12-15,19-20,26,28,42H,16-18,21-22H2,1-8H3/t26-,28-/m0/s1. The highest BCUT2D eigenvalue weighted by atomic mass is 19.4. The maximum absolute atomic E-state index is 15.4. The Hall–Kier alpha value is -5.13. The second-order valence-electron chi connectivity index (χ2n) is 14.2. The van der Waals surface area contributed by atoms with Crippen molar-refractivity contribution in [2.75, 3.05) is 44.1 Å². The summed E-state index contributed by atoms with van der Waals surface area (Å²) in [5.74, 6) is 5.08. The van der Waals surface area contributed by atoms with Gasteiger partial charge in [-0.25, -0.2) is 18.8 Å². The van der Waals surface area contributed by atoms with Gasteiger partial charge in [-0.15, -0.1) is 0 Å². The molecule has 1 aliphatic heterocycles. The number of likely N-dealkylation sites (tertiary alicyclic amines) is 1. The quantitative estimate of drug-likeness (QED) is 0.115. The lowest BCUT2D eigenvalue weighted by molar-refractivity contribution is -0.140. The molecule has 2 atom stereocenters. The minimum atomic E-state index is -4.61. The Morgan fingerprint density at radius 2 is 1.67 bits per heavy atom. The number of hydrogen-bond donors (Lipinski definition) is 1. The van der Waals surface area contributed by atoms with Crippen LogP contribution in [-0.2, 0) is 20.8 Å². The van der Waals surface area contributed by atoms with Gasteiger partial charge in [0.05, 0.1) is 55.8 Å². The largest absolute Gasteiger partial charge is 0.495 e. The maximum atomic E-state index is 15.4. The molecule has 11 nitrogen and oxygen atoms in total. The van der Waals surface area contributed by atoms with Crippen LogP contribution < -0.4 is 15.0 Å². The van der Waals surface area contributed by atoms with Gasteiger partial charge in [-0.05, 0) is 90.3 Å². The van der Waals surface area contributed by atoms with Gasteiger partial charge in [0, 0.05) is 17.6 Å². The van der Waals surface area contributed by atoms with Crippen LogP contribution in [0.15, 0.2) is 42.5 Å². The second-order valence-corrected chi connectivity index (χ2v) is 14.2. The molecular formula is C37H44F4N4O7. The first-order valence-corrected chi connectivity index (χ1v) is 16.5.